The van der Waals surface area contributed by atoms with Gasteiger partial charge in [0.05, 0.1) is 0 Å². The summed E-state index contributed by atoms with van der Waals surface area (Å²) in [5.41, 5.74) is 1.08. The van der Waals surface area contributed by atoms with Crippen molar-refractivity contribution in [2.45, 2.75) is 19.8 Å². The fourth-order valence-corrected chi connectivity index (χ4v) is 2.83. The van der Waals surface area contributed by atoms with Gasteiger partial charge in [-0.3, -0.25) is 4.79 Å². The van der Waals surface area contributed by atoms with E-state index in [0.717, 1.165) is 5.56 Å². The zero-order chi connectivity index (χ0) is 17.3. The van der Waals surface area contributed by atoms with Gasteiger partial charge in [-0.15, -0.1) is 18.3 Å². The number of aryl methyl sites for hydroxylation is 1. The van der Waals surface area contributed by atoms with Gasteiger partial charge in [0, 0.05) is 18.3 Å². The number of hydrogen-bond donors (Lipinski definition) is 1. The van der Waals surface area contributed by atoms with Crippen molar-refractivity contribution in [1.82, 2.24) is 14.6 Å². The van der Waals surface area contributed by atoms with Crippen LogP contribution in [0.25, 0.3) is 4.96 Å². The lowest BCUT2D eigenvalue weighted by Crippen LogP contribution is -2.17. The van der Waals surface area contributed by atoms with Crippen LogP contribution in [0.5, 0.6) is 5.75 Å². The Morgan fingerprint density at radius 1 is 1.29 bits per heavy atom. The molecule has 10 heteroatoms. The number of benzene rings is 1. The molecule has 0 aliphatic rings. The van der Waals surface area contributed by atoms with Crippen molar-refractivity contribution in [1.29, 1.82) is 0 Å². The Bertz CT molecular complexity index is 918. The third-order valence-electron chi connectivity index (χ3n) is 2.97. The Morgan fingerprint density at radius 2 is 2.00 bits per heavy atom. The van der Waals surface area contributed by atoms with Crippen LogP contribution in [0, 0.1) is 6.92 Å². The van der Waals surface area contributed by atoms with Crippen LogP contribution < -0.4 is 15.6 Å². The predicted molar refractivity (Wildman–Crippen MR) is 82.3 cm³/mol. The van der Waals surface area contributed by atoms with E-state index in [1.54, 1.807) is 6.92 Å². The summed E-state index contributed by atoms with van der Waals surface area (Å²) in [7, 11) is 0. The number of nitrogens with one attached hydrogen (secondary N) is 1. The highest BCUT2D eigenvalue weighted by Gasteiger charge is 2.30. The van der Waals surface area contributed by atoms with E-state index in [2.05, 4.69) is 20.1 Å². The number of anilines is 1. The summed E-state index contributed by atoms with van der Waals surface area (Å²) in [6, 6.07) is 6.87. The topological polar surface area (TPSA) is 68.5 Å². The summed E-state index contributed by atoms with van der Waals surface area (Å²) in [5, 5.41) is 7.61. The molecule has 0 fully saturated rings. The van der Waals surface area contributed by atoms with Crippen LogP contribution in [0.3, 0.4) is 0 Å². The molecule has 0 amide bonds. The highest BCUT2D eigenvalue weighted by Crippen LogP contribution is 2.23. The normalized spacial score (nSPS) is 11.7. The summed E-state index contributed by atoms with van der Waals surface area (Å²) >= 11 is 1.21. The van der Waals surface area contributed by atoms with Gasteiger partial charge < -0.3 is 10.1 Å². The van der Waals surface area contributed by atoms with Crippen molar-refractivity contribution in [3.63, 3.8) is 0 Å². The molecule has 6 nitrogen and oxygen atoms in total. The molecule has 2 aromatic heterocycles. The van der Waals surface area contributed by atoms with E-state index < -0.39 is 6.36 Å². The second-order valence-corrected chi connectivity index (χ2v) is 5.84. The van der Waals surface area contributed by atoms with Crippen molar-refractivity contribution in [3.8, 4) is 5.75 Å². The van der Waals surface area contributed by atoms with Gasteiger partial charge in [-0.2, -0.15) is 4.52 Å². The number of hydrogen-bond acceptors (Lipinski definition) is 6. The maximum absolute atomic E-state index is 12.1. The fraction of sp³-hybridized carbons (Fsp3) is 0.214. The first kappa shape index (κ1) is 16.2. The Balaban J connectivity index is 1.69. The number of ether oxygens (including phenoxy) is 1. The first-order chi connectivity index (χ1) is 11.3. The van der Waals surface area contributed by atoms with Crippen molar-refractivity contribution < 1.29 is 17.9 Å². The molecule has 0 spiro atoms. The average molecular weight is 356 g/mol. The maximum atomic E-state index is 12.1. The van der Waals surface area contributed by atoms with Crippen LogP contribution in [-0.4, -0.2) is 21.0 Å². The Morgan fingerprint density at radius 3 is 2.67 bits per heavy atom. The van der Waals surface area contributed by atoms with Gasteiger partial charge in [-0.1, -0.05) is 23.5 Å². The number of halogens is 3. The number of fused-ring (bicyclic) bond motifs is 1. The molecule has 0 aliphatic carbocycles. The molecule has 2 heterocycles. The van der Waals surface area contributed by atoms with Crippen LogP contribution in [0.4, 0.5) is 18.3 Å². The van der Waals surface area contributed by atoms with E-state index >= 15 is 0 Å². The lowest BCUT2D eigenvalue weighted by atomic mass is 10.2. The molecule has 3 aromatic rings. The molecule has 3 rings (SSSR count). The molecule has 0 unspecified atom stereocenters. The van der Waals surface area contributed by atoms with Crippen LogP contribution in [-0.2, 0) is 6.54 Å². The highest BCUT2D eigenvalue weighted by molar-refractivity contribution is 7.20. The first-order valence-corrected chi connectivity index (χ1v) is 7.58. The molecule has 126 valence electrons. The van der Waals surface area contributed by atoms with Crippen LogP contribution in [0.1, 0.15) is 11.3 Å². The van der Waals surface area contributed by atoms with Gasteiger partial charge in [-0.05, 0) is 24.6 Å². The van der Waals surface area contributed by atoms with Gasteiger partial charge in [0.25, 0.3) is 5.56 Å². The van der Waals surface area contributed by atoms with Gasteiger partial charge in [-0.25, -0.2) is 4.98 Å². The third-order valence-corrected chi connectivity index (χ3v) is 3.84. The smallest absolute Gasteiger partial charge is 0.406 e. The van der Waals surface area contributed by atoms with Crippen molar-refractivity contribution >= 4 is 21.4 Å². The Kier molecular flexibility index (Phi) is 4.14. The zero-order valence-electron chi connectivity index (χ0n) is 12.3. The van der Waals surface area contributed by atoms with Crippen molar-refractivity contribution in [2.75, 3.05) is 5.32 Å². The summed E-state index contributed by atoms with van der Waals surface area (Å²) in [6.45, 7) is 2.05. The quantitative estimate of drug-likeness (QED) is 0.778. The molecular weight excluding hydrogens is 345 g/mol. The predicted octanol–water partition coefficient (Wildman–Crippen LogP) is 2.97. The molecular formula is C14H11F3N4O2S. The lowest BCUT2D eigenvalue weighted by molar-refractivity contribution is -0.274. The standard InChI is InChI=1S/C14H11F3N4O2S/c1-8-6-11(22)21-13(19-8)24-12(20-21)18-7-9-2-4-10(5-3-9)23-14(15,16)17/h2-6H,7H2,1H3,(H,18,20). The summed E-state index contributed by atoms with van der Waals surface area (Å²) in [6.07, 6.45) is -4.71. The van der Waals surface area contributed by atoms with E-state index in [0.29, 0.717) is 22.3 Å². The van der Waals surface area contributed by atoms with Crippen molar-refractivity contribution in [2.24, 2.45) is 0 Å². The van der Waals surface area contributed by atoms with E-state index in [9.17, 15) is 18.0 Å². The van der Waals surface area contributed by atoms with E-state index in [1.807, 2.05) is 0 Å². The monoisotopic (exact) mass is 356 g/mol. The molecule has 0 bridgehead atoms. The minimum Gasteiger partial charge on any atom is -0.406 e. The largest absolute Gasteiger partial charge is 0.573 e. The van der Waals surface area contributed by atoms with E-state index in [1.165, 1.54) is 46.2 Å². The molecule has 1 aromatic carbocycles. The number of alkyl halides is 3. The van der Waals surface area contributed by atoms with Gasteiger partial charge in [0.15, 0.2) is 0 Å². The Labute approximate surface area is 137 Å². The number of rotatable bonds is 4. The summed E-state index contributed by atoms with van der Waals surface area (Å²) in [5.74, 6) is -0.280. The number of aromatic nitrogens is 3. The van der Waals surface area contributed by atoms with Crippen LogP contribution in [0.2, 0.25) is 0 Å². The molecule has 24 heavy (non-hydrogen) atoms. The van der Waals surface area contributed by atoms with Crippen molar-refractivity contribution in [3.05, 3.63) is 51.9 Å². The first-order valence-electron chi connectivity index (χ1n) is 6.76. The molecule has 1 N–H and O–H groups in total. The molecule has 0 radical (unpaired) electrons. The summed E-state index contributed by atoms with van der Waals surface area (Å²) < 4.78 is 41.3. The minimum atomic E-state index is -4.71. The van der Waals surface area contributed by atoms with Crippen LogP contribution >= 0.6 is 11.3 Å². The second kappa shape index (κ2) is 6.11. The van der Waals surface area contributed by atoms with Crippen LogP contribution in [0.15, 0.2) is 35.1 Å². The average Bonchev–Trinajstić information content (AvgIpc) is 2.88. The number of nitrogens with zero attached hydrogens (tertiary/aromatic N) is 3. The Hall–Kier alpha value is -2.62. The molecule has 0 saturated carbocycles. The lowest BCUT2D eigenvalue weighted by Gasteiger charge is -2.09. The SMILES string of the molecule is Cc1cc(=O)n2nc(NCc3ccc(OC(F)(F)F)cc3)sc2n1. The molecule has 0 aliphatic heterocycles. The maximum Gasteiger partial charge on any atom is 0.573 e. The third kappa shape index (κ3) is 3.82. The van der Waals surface area contributed by atoms with Gasteiger partial charge in [0.2, 0.25) is 10.1 Å². The zero-order valence-corrected chi connectivity index (χ0v) is 13.1. The minimum absolute atomic E-state index is 0.268. The van der Waals surface area contributed by atoms with E-state index in [-0.39, 0.29) is 11.3 Å². The highest BCUT2D eigenvalue weighted by atomic mass is 32.1. The fourth-order valence-electron chi connectivity index (χ4n) is 1.98. The molecule has 0 atom stereocenters. The summed E-state index contributed by atoms with van der Waals surface area (Å²) in [4.78, 5) is 16.5. The molecule has 0 saturated heterocycles. The van der Waals surface area contributed by atoms with E-state index in [4.69, 9.17) is 0 Å². The van der Waals surface area contributed by atoms with Gasteiger partial charge >= 0.3 is 6.36 Å². The van der Waals surface area contributed by atoms with Gasteiger partial charge in [0.1, 0.15) is 5.75 Å². The second-order valence-electron chi connectivity index (χ2n) is 4.88.